The SMILES string of the molecule is CN(OC(=O)CSCC[N+](C)(C)C)C(=O)CCC=O. The van der Waals surface area contributed by atoms with Crippen molar-refractivity contribution < 1.29 is 23.7 Å². The fraction of sp³-hybridized carbons (Fsp3) is 0.750. The predicted molar refractivity (Wildman–Crippen MR) is 74.4 cm³/mol. The molecule has 0 fully saturated rings. The highest BCUT2D eigenvalue weighted by molar-refractivity contribution is 7.99. The number of hydrogen-bond donors (Lipinski definition) is 0. The van der Waals surface area contributed by atoms with Crippen molar-refractivity contribution in [2.45, 2.75) is 12.8 Å². The highest BCUT2D eigenvalue weighted by Crippen LogP contribution is 2.04. The minimum Gasteiger partial charge on any atom is -0.337 e. The molecule has 0 radical (unpaired) electrons. The molecule has 0 spiro atoms. The van der Waals surface area contributed by atoms with Gasteiger partial charge >= 0.3 is 5.97 Å². The molecule has 0 bridgehead atoms. The van der Waals surface area contributed by atoms with Crippen LogP contribution in [0.25, 0.3) is 0 Å². The van der Waals surface area contributed by atoms with Crippen molar-refractivity contribution in [2.24, 2.45) is 0 Å². The number of quaternary nitrogens is 1. The summed E-state index contributed by atoms with van der Waals surface area (Å²) in [5.74, 6) is 0.234. The number of carbonyl (C=O) groups is 3. The molecule has 0 aromatic rings. The highest BCUT2D eigenvalue weighted by atomic mass is 32.2. The molecule has 0 saturated heterocycles. The summed E-state index contributed by atoms with van der Waals surface area (Å²) in [6, 6.07) is 0. The summed E-state index contributed by atoms with van der Waals surface area (Å²) in [6.45, 7) is 0.950. The lowest BCUT2D eigenvalue weighted by Gasteiger charge is -2.23. The molecule has 0 atom stereocenters. The van der Waals surface area contributed by atoms with Crippen LogP contribution >= 0.6 is 11.8 Å². The van der Waals surface area contributed by atoms with Crippen LogP contribution in [-0.4, -0.2) is 74.0 Å². The summed E-state index contributed by atoms with van der Waals surface area (Å²) in [5.41, 5.74) is 0. The second kappa shape index (κ2) is 8.92. The van der Waals surface area contributed by atoms with Gasteiger partial charge in [0, 0.05) is 25.6 Å². The van der Waals surface area contributed by atoms with Gasteiger partial charge in [-0.2, -0.15) is 5.06 Å². The van der Waals surface area contributed by atoms with Gasteiger partial charge in [0.15, 0.2) is 0 Å². The van der Waals surface area contributed by atoms with E-state index in [1.54, 1.807) is 0 Å². The molecule has 7 heteroatoms. The minimum atomic E-state index is -0.451. The minimum absolute atomic E-state index is 0.0575. The van der Waals surface area contributed by atoms with Crippen molar-refractivity contribution in [1.29, 1.82) is 0 Å². The van der Waals surface area contributed by atoms with E-state index in [0.717, 1.165) is 21.8 Å². The molecule has 0 aliphatic heterocycles. The van der Waals surface area contributed by atoms with E-state index in [2.05, 4.69) is 21.1 Å². The van der Waals surface area contributed by atoms with Crippen LogP contribution < -0.4 is 0 Å². The van der Waals surface area contributed by atoms with Gasteiger partial charge in [-0.25, -0.2) is 4.79 Å². The number of thioether (sulfide) groups is 1. The Bertz CT molecular complexity index is 315. The molecule has 0 aliphatic carbocycles. The van der Waals surface area contributed by atoms with Crippen LogP contribution in [0.3, 0.4) is 0 Å². The summed E-state index contributed by atoms with van der Waals surface area (Å²) >= 11 is 1.48. The average Bonchev–Trinajstić information content (AvgIpc) is 2.30. The van der Waals surface area contributed by atoms with Gasteiger partial charge in [-0.3, -0.25) is 4.79 Å². The first-order valence-electron chi connectivity index (χ1n) is 6.05. The average molecular weight is 291 g/mol. The van der Waals surface area contributed by atoms with Crippen molar-refractivity contribution in [3.05, 3.63) is 0 Å². The normalized spacial score (nSPS) is 10.9. The zero-order valence-electron chi connectivity index (χ0n) is 12.0. The molecule has 0 heterocycles. The van der Waals surface area contributed by atoms with Gasteiger partial charge in [0.25, 0.3) is 5.91 Å². The Morgan fingerprint density at radius 1 is 1.32 bits per heavy atom. The number of hydrogen-bond acceptors (Lipinski definition) is 5. The number of amides is 1. The van der Waals surface area contributed by atoms with Crippen LogP contribution in [0.15, 0.2) is 0 Å². The Morgan fingerprint density at radius 3 is 2.47 bits per heavy atom. The lowest BCUT2D eigenvalue weighted by Crippen LogP contribution is -2.36. The Balaban J connectivity index is 3.79. The van der Waals surface area contributed by atoms with E-state index in [1.807, 2.05) is 0 Å². The molecule has 0 aromatic heterocycles. The van der Waals surface area contributed by atoms with E-state index >= 15 is 0 Å². The Kier molecular flexibility index (Phi) is 8.42. The summed E-state index contributed by atoms with van der Waals surface area (Å²) in [7, 11) is 7.62. The first kappa shape index (κ1) is 17.9. The molecular weight excluding hydrogens is 268 g/mol. The molecule has 0 N–H and O–H groups in total. The lowest BCUT2D eigenvalue weighted by atomic mass is 10.3. The molecular formula is C12H23N2O4S+. The lowest BCUT2D eigenvalue weighted by molar-refractivity contribution is -0.867. The van der Waals surface area contributed by atoms with E-state index in [9.17, 15) is 14.4 Å². The zero-order valence-corrected chi connectivity index (χ0v) is 12.9. The summed E-state index contributed by atoms with van der Waals surface area (Å²) < 4.78 is 0.839. The van der Waals surface area contributed by atoms with Crippen LogP contribution in [0.1, 0.15) is 12.8 Å². The molecule has 6 nitrogen and oxygen atoms in total. The van der Waals surface area contributed by atoms with Crippen LogP contribution in [0.5, 0.6) is 0 Å². The summed E-state index contributed by atoms with van der Waals surface area (Å²) in [4.78, 5) is 37.8. The van der Waals surface area contributed by atoms with Gasteiger partial charge in [0.2, 0.25) is 0 Å². The van der Waals surface area contributed by atoms with Gasteiger partial charge in [-0.05, 0) is 0 Å². The molecule has 110 valence electrons. The van der Waals surface area contributed by atoms with E-state index in [1.165, 1.54) is 18.8 Å². The van der Waals surface area contributed by atoms with Crippen LogP contribution in [0.4, 0.5) is 0 Å². The molecule has 19 heavy (non-hydrogen) atoms. The number of rotatable bonds is 8. The Labute approximate surface area is 118 Å². The number of aldehydes is 1. The predicted octanol–water partition coefficient (Wildman–Crippen LogP) is 0.321. The molecule has 0 saturated carbocycles. The van der Waals surface area contributed by atoms with Gasteiger partial charge in [-0.15, -0.1) is 11.8 Å². The van der Waals surface area contributed by atoms with Gasteiger partial charge in [0.05, 0.1) is 33.4 Å². The largest absolute Gasteiger partial charge is 0.342 e. The number of hydroxylamine groups is 2. The van der Waals surface area contributed by atoms with Gasteiger partial charge < -0.3 is 14.1 Å². The molecule has 0 rings (SSSR count). The first-order valence-corrected chi connectivity index (χ1v) is 7.21. The Hall–Kier alpha value is -1.08. The third-order valence-corrected chi connectivity index (χ3v) is 3.10. The molecule has 0 aromatic carbocycles. The van der Waals surface area contributed by atoms with Crippen LogP contribution in [-0.2, 0) is 19.2 Å². The monoisotopic (exact) mass is 291 g/mol. The first-order chi connectivity index (χ1) is 8.76. The van der Waals surface area contributed by atoms with Gasteiger partial charge in [0.1, 0.15) is 6.29 Å². The molecule has 0 unspecified atom stereocenters. The van der Waals surface area contributed by atoms with E-state index in [4.69, 9.17) is 4.84 Å². The molecule has 0 aliphatic rings. The third-order valence-electron chi connectivity index (χ3n) is 2.19. The third kappa shape index (κ3) is 10.5. The van der Waals surface area contributed by atoms with Gasteiger partial charge in [-0.1, -0.05) is 0 Å². The maximum Gasteiger partial charge on any atom is 0.342 e. The number of carbonyl (C=O) groups excluding carboxylic acids is 3. The quantitative estimate of drug-likeness (QED) is 0.279. The second-order valence-corrected chi connectivity index (χ2v) is 6.23. The second-order valence-electron chi connectivity index (χ2n) is 5.13. The maximum absolute atomic E-state index is 11.4. The van der Waals surface area contributed by atoms with Crippen molar-refractivity contribution in [2.75, 3.05) is 46.2 Å². The van der Waals surface area contributed by atoms with Crippen molar-refractivity contribution in [3.8, 4) is 0 Å². The smallest absolute Gasteiger partial charge is 0.337 e. The molecule has 1 amide bonds. The summed E-state index contributed by atoms with van der Waals surface area (Å²) in [5, 5.41) is 0.895. The van der Waals surface area contributed by atoms with E-state index in [-0.39, 0.29) is 24.5 Å². The maximum atomic E-state index is 11.4. The van der Waals surface area contributed by atoms with E-state index in [0.29, 0.717) is 6.29 Å². The fourth-order valence-corrected chi connectivity index (χ4v) is 2.10. The van der Waals surface area contributed by atoms with Crippen molar-refractivity contribution in [1.82, 2.24) is 5.06 Å². The van der Waals surface area contributed by atoms with Crippen molar-refractivity contribution in [3.63, 3.8) is 0 Å². The van der Waals surface area contributed by atoms with E-state index < -0.39 is 5.97 Å². The summed E-state index contributed by atoms with van der Waals surface area (Å²) in [6.07, 6.45) is 0.856. The van der Waals surface area contributed by atoms with Crippen LogP contribution in [0.2, 0.25) is 0 Å². The standard InChI is InChI=1S/C12H23N2O4S/c1-13(11(16)6-5-8-15)18-12(17)10-19-9-7-14(2,3)4/h8H,5-7,9-10H2,1-4H3/q+1. The fourth-order valence-electron chi connectivity index (χ4n) is 1.06. The van der Waals surface area contributed by atoms with Crippen molar-refractivity contribution >= 4 is 29.9 Å². The zero-order chi connectivity index (χ0) is 14.9. The van der Waals surface area contributed by atoms with Crippen LogP contribution in [0, 0.1) is 0 Å². The Morgan fingerprint density at radius 2 is 1.95 bits per heavy atom. The highest BCUT2D eigenvalue weighted by Gasteiger charge is 2.14. The topological polar surface area (TPSA) is 63.7 Å². The number of nitrogens with zero attached hydrogens (tertiary/aromatic N) is 2.